The van der Waals surface area contributed by atoms with Crippen molar-refractivity contribution >= 4 is 52.2 Å². The van der Waals surface area contributed by atoms with Crippen molar-refractivity contribution in [3.63, 3.8) is 0 Å². The van der Waals surface area contributed by atoms with Gasteiger partial charge in [-0.25, -0.2) is 4.39 Å². The van der Waals surface area contributed by atoms with Gasteiger partial charge in [-0.1, -0.05) is 11.6 Å². The van der Waals surface area contributed by atoms with Crippen LogP contribution in [0.15, 0.2) is 18.2 Å². The number of hydrogen-bond donors (Lipinski definition) is 3. The molecule has 1 aromatic carbocycles. The van der Waals surface area contributed by atoms with Gasteiger partial charge in [-0.15, -0.1) is 0 Å². The van der Waals surface area contributed by atoms with Crippen LogP contribution < -0.4 is 21.7 Å². The average molecular weight is 442 g/mol. The monoisotopic (exact) mass is 441 g/mol. The molecule has 2 aromatic rings. The van der Waals surface area contributed by atoms with Crippen molar-refractivity contribution in [3.05, 3.63) is 39.6 Å². The summed E-state index contributed by atoms with van der Waals surface area (Å²) >= 11 is 6.55. The number of nitrogens with zero attached hydrogens (tertiary/aromatic N) is 2. The van der Waals surface area contributed by atoms with Crippen LogP contribution in [0.1, 0.15) is 47.9 Å². The number of primary amides is 1. The predicted octanol–water partition coefficient (Wildman–Crippen LogP) is 2.57. The Bertz CT molecular complexity index is 973. The van der Waals surface area contributed by atoms with E-state index in [-0.39, 0.29) is 27.0 Å². The van der Waals surface area contributed by atoms with Crippen LogP contribution in [-0.2, 0) is 4.79 Å². The number of carbonyl (C=O) groups is 3. The first-order chi connectivity index (χ1) is 13.3. The number of benzene rings is 1. The van der Waals surface area contributed by atoms with Crippen molar-refractivity contribution in [2.45, 2.75) is 39.3 Å². The normalized spacial score (nSPS) is 12.3. The molecule has 0 aliphatic rings. The maximum absolute atomic E-state index is 13.6. The fraction of sp³-hybridized carbons (Fsp3) is 0.333. The molecular weight excluding hydrogens is 421 g/mol. The zero-order valence-electron chi connectivity index (χ0n) is 16.2. The Morgan fingerprint density at radius 2 is 1.93 bits per heavy atom. The van der Waals surface area contributed by atoms with E-state index in [4.69, 9.17) is 23.1 Å². The van der Waals surface area contributed by atoms with Crippen LogP contribution in [0.25, 0.3) is 0 Å². The fourth-order valence-electron chi connectivity index (χ4n) is 2.48. The summed E-state index contributed by atoms with van der Waals surface area (Å²) < 4.78 is 17.4. The number of amides is 3. The van der Waals surface area contributed by atoms with E-state index in [1.807, 2.05) is 0 Å². The largest absolute Gasteiger partial charge is 0.395 e. The van der Waals surface area contributed by atoms with Crippen molar-refractivity contribution < 1.29 is 18.8 Å². The summed E-state index contributed by atoms with van der Waals surface area (Å²) in [6, 6.07) is 2.60. The van der Waals surface area contributed by atoms with Crippen LogP contribution >= 0.6 is 23.1 Å². The number of aromatic nitrogens is 1. The minimum absolute atomic E-state index is 0.0744. The molecule has 1 aromatic heterocycles. The molecule has 8 nitrogen and oxygen atoms in total. The number of rotatable bonds is 5. The van der Waals surface area contributed by atoms with Gasteiger partial charge in [-0.3, -0.25) is 19.3 Å². The van der Waals surface area contributed by atoms with Gasteiger partial charge >= 0.3 is 0 Å². The van der Waals surface area contributed by atoms with Crippen LogP contribution in [0.5, 0.6) is 0 Å². The maximum Gasteiger partial charge on any atom is 0.272 e. The molecule has 0 aliphatic heterocycles. The summed E-state index contributed by atoms with van der Waals surface area (Å²) in [7, 11) is 0. The Morgan fingerprint density at radius 3 is 2.41 bits per heavy atom. The lowest BCUT2D eigenvalue weighted by Crippen LogP contribution is -2.52. The second-order valence-corrected chi connectivity index (χ2v) is 8.51. The summed E-state index contributed by atoms with van der Waals surface area (Å²) in [5, 5.41) is 2.56. The second kappa shape index (κ2) is 8.34. The van der Waals surface area contributed by atoms with Crippen molar-refractivity contribution in [2.24, 2.45) is 5.73 Å². The molecule has 1 atom stereocenters. The van der Waals surface area contributed by atoms with E-state index in [1.165, 1.54) is 19.1 Å². The van der Waals surface area contributed by atoms with Gasteiger partial charge in [0.25, 0.3) is 11.8 Å². The Labute approximate surface area is 176 Å². The van der Waals surface area contributed by atoms with E-state index in [1.54, 1.807) is 20.8 Å². The first-order valence-electron chi connectivity index (χ1n) is 8.49. The molecule has 29 heavy (non-hydrogen) atoms. The molecule has 0 bridgehead atoms. The molecule has 0 fully saturated rings. The first kappa shape index (κ1) is 22.6. The number of nitrogen functional groups attached to an aromatic ring is 1. The lowest BCUT2D eigenvalue weighted by molar-refractivity contribution is -0.123. The highest BCUT2D eigenvalue weighted by atomic mass is 35.5. The van der Waals surface area contributed by atoms with E-state index in [2.05, 4.69) is 9.69 Å². The third-order valence-corrected chi connectivity index (χ3v) is 4.96. The van der Waals surface area contributed by atoms with E-state index >= 15 is 0 Å². The maximum atomic E-state index is 13.6. The van der Waals surface area contributed by atoms with E-state index in [9.17, 15) is 18.8 Å². The third-order valence-electron chi connectivity index (χ3n) is 3.82. The predicted molar refractivity (Wildman–Crippen MR) is 111 cm³/mol. The molecule has 0 radical (unpaired) electrons. The minimum atomic E-state index is -1.01. The van der Waals surface area contributed by atoms with Gasteiger partial charge in [0, 0.05) is 11.2 Å². The standard InChI is InChI=1S/C18H21ClFN5O3S/c1-8(16(27)23-18(2,3)4)25(9-5-6-11(20)10(19)7-9)17(28)14-12(21)13(15(22)26)24-29-14/h5-8H,21H2,1-4H3,(H2,22,26)(H,23,27)/t8-/m0/s1. The van der Waals surface area contributed by atoms with Crippen molar-refractivity contribution in [2.75, 3.05) is 10.6 Å². The average Bonchev–Trinajstić information content (AvgIpc) is 2.98. The highest BCUT2D eigenvalue weighted by Gasteiger charge is 2.33. The van der Waals surface area contributed by atoms with Gasteiger partial charge in [-0.2, -0.15) is 4.37 Å². The van der Waals surface area contributed by atoms with Gasteiger partial charge in [0.2, 0.25) is 5.91 Å². The molecule has 11 heteroatoms. The molecule has 1 heterocycles. The lowest BCUT2D eigenvalue weighted by Gasteiger charge is -2.31. The van der Waals surface area contributed by atoms with Crippen LogP contribution in [0, 0.1) is 5.82 Å². The number of carbonyl (C=O) groups excluding carboxylic acids is 3. The van der Waals surface area contributed by atoms with Crippen LogP contribution in [0.3, 0.4) is 0 Å². The Balaban J connectivity index is 2.54. The molecule has 0 saturated carbocycles. The number of nitrogens with one attached hydrogen (secondary N) is 1. The number of hydrogen-bond acceptors (Lipinski definition) is 6. The van der Waals surface area contributed by atoms with Gasteiger partial charge in [0.05, 0.1) is 10.7 Å². The summed E-state index contributed by atoms with van der Waals surface area (Å²) in [6.07, 6.45) is 0. The second-order valence-electron chi connectivity index (χ2n) is 7.33. The molecule has 156 valence electrons. The topological polar surface area (TPSA) is 131 Å². The molecule has 0 unspecified atom stereocenters. The zero-order chi connectivity index (χ0) is 22.1. The van der Waals surface area contributed by atoms with E-state index in [0.29, 0.717) is 11.5 Å². The van der Waals surface area contributed by atoms with Crippen molar-refractivity contribution in [3.8, 4) is 0 Å². The summed E-state index contributed by atoms with van der Waals surface area (Å²) in [5.41, 5.74) is 10.3. The van der Waals surface area contributed by atoms with Gasteiger partial charge in [-0.05, 0) is 57.4 Å². The molecule has 0 saturated heterocycles. The van der Waals surface area contributed by atoms with Crippen molar-refractivity contribution in [1.82, 2.24) is 9.69 Å². The molecule has 2 rings (SSSR count). The van der Waals surface area contributed by atoms with Crippen LogP contribution in [-0.4, -0.2) is 33.7 Å². The fourth-order valence-corrected chi connectivity index (χ4v) is 3.40. The van der Waals surface area contributed by atoms with Crippen LogP contribution in [0.4, 0.5) is 15.8 Å². The highest BCUT2D eigenvalue weighted by Crippen LogP contribution is 2.30. The summed E-state index contributed by atoms with van der Waals surface area (Å²) in [6.45, 7) is 6.87. The quantitative estimate of drug-likeness (QED) is 0.656. The molecule has 3 amide bonds. The minimum Gasteiger partial charge on any atom is -0.395 e. The third kappa shape index (κ3) is 5.01. The Hall–Kier alpha value is -2.72. The molecular formula is C18H21ClFN5O3S. The number of nitrogens with two attached hydrogens (primary N) is 2. The Morgan fingerprint density at radius 1 is 1.31 bits per heavy atom. The summed E-state index contributed by atoms with van der Waals surface area (Å²) in [4.78, 5) is 38.4. The van der Waals surface area contributed by atoms with Gasteiger partial charge < -0.3 is 16.8 Å². The number of halogens is 2. The Kier molecular flexibility index (Phi) is 6.49. The van der Waals surface area contributed by atoms with Gasteiger partial charge in [0.15, 0.2) is 5.69 Å². The lowest BCUT2D eigenvalue weighted by atomic mass is 10.1. The van der Waals surface area contributed by atoms with Crippen molar-refractivity contribution in [1.29, 1.82) is 0 Å². The summed E-state index contributed by atoms with van der Waals surface area (Å²) in [5.74, 6) is -2.72. The molecule has 5 N–H and O–H groups in total. The van der Waals surface area contributed by atoms with Crippen LogP contribution in [0.2, 0.25) is 5.02 Å². The first-order valence-corrected chi connectivity index (χ1v) is 9.64. The smallest absolute Gasteiger partial charge is 0.272 e. The molecule has 0 aliphatic carbocycles. The highest BCUT2D eigenvalue weighted by molar-refractivity contribution is 7.09. The SMILES string of the molecule is C[C@@H](C(=O)NC(C)(C)C)N(C(=O)c1snc(C(N)=O)c1N)c1ccc(F)c(Cl)c1. The molecule has 0 spiro atoms. The van der Waals surface area contributed by atoms with E-state index < -0.39 is 35.1 Å². The number of anilines is 2. The van der Waals surface area contributed by atoms with Gasteiger partial charge in [0.1, 0.15) is 16.7 Å². The van der Waals surface area contributed by atoms with E-state index in [0.717, 1.165) is 11.0 Å². The zero-order valence-corrected chi connectivity index (χ0v) is 17.8.